The molecule has 166 valence electrons. The molecule has 33 heavy (non-hydrogen) atoms. The van der Waals surface area contributed by atoms with Crippen molar-refractivity contribution in [3.8, 4) is 0 Å². The number of anilines is 1. The zero-order valence-corrected chi connectivity index (χ0v) is 18.6. The molecule has 1 aliphatic carbocycles. The fraction of sp³-hybridized carbons (Fsp3) is 0.214. The van der Waals surface area contributed by atoms with E-state index in [0.717, 1.165) is 24.0 Å². The number of rotatable bonds is 5. The van der Waals surface area contributed by atoms with Crippen LogP contribution in [0.2, 0.25) is 0 Å². The Labute approximate surface area is 191 Å². The van der Waals surface area contributed by atoms with Crippen molar-refractivity contribution in [3.63, 3.8) is 0 Å². The van der Waals surface area contributed by atoms with E-state index in [1.807, 2.05) is 38.1 Å². The van der Waals surface area contributed by atoms with E-state index in [1.165, 1.54) is 11.1 Å². The van der Waals surface area contributed by atoms with E-state index in [2.05, 4.69) is 17.4 Å². The van der Waals surface area contributed by atoms with Crippen molar-refractivity contribution >= 4 is 22.6 Å². The highest BCUT2D eigenvalue weighted by Gasteiger charge is 2.26. The minimum Gasteiger partial charge on any atom is -0.478 e. The summed E-state index contributed by atoms with van der Waals surface area (Å²) in [6.07, 6.45) is 1.71. The summed E-state index contributed by atoms with van der Waals surface area (Å²) in [5.74, 6) is -0.161. The molecule has 5 rings (SSSR count). The van der Waals surface area contributed by atoms with Crippen molar-refractivity contribution in [2.24, 2.45) is 0 Å². The smallest absolute Gasteiger partial charge is 0.337 e. The zero-order chi connectivity index (χ0) is 23.1. The maximum Gasteiger partial charge on any atom is 0.337 e. The first-order valence-corrected chi connectivity index (χ1v) is 11.1. The van der Waals surface area contributed by atoms with Gasteiger partial charge in [0.25, 0.3) is 0 Å². The highest BCUT2D eigenvalue weighted by molar-refractivity contribution is 5.94. The summed E-state index contributed by atoms with van der Waals surface area (Å²) < 4.78 is 6.42. The van der Waals surface area contributed by atoms with Crippen LogP contribution in [0.5, 0.6) is 0 Å². The Morgan fingerprint density at radius 2 is 1.70 bits per heavy atom. The van der Waals surface area contributed by atoms with Gasteiger partial charge in [0, 0.05) is 23.2 Å². The van der Waals surface area contributed by atoms with E-state index < -0.39 is 5.97 Å². The summed E-state index contributed by atoms with van der Waals surface area (Å²) in [6, 6.07) is 20.4. The normalized spacial score (nSPS) is 14.2. The lowest BCUT2D eigenvalue weighted by atomic mass is 9.98. The van der Waals surface area contributed by atoms with Crippen LogP contribution in [-0.2, 0) is 12.8 Å². The summed E-state index contributed by atoms with van der Waals surface area (Å²) >= 11 is 0. The monoisotopic (exact) mass is 439 g/mol. The van der Waals surface area contributed by atoms with Gasteiger partial charge in [-0.15, -0.1) is 0 Å². The Kier molecular flexibility index (Phi) is 5.25. The number of benzene rings is 3. The van der Waals surface area contributed by atoms with E-state index >= 15 is 0 Å². The molecule has 3 aromatic carbocycles. The van der Waals surface area contributed by atoms with Gasteiger partial charge in [0.05, 0.1) is 17.0 Å². The maximum atomic E-state index is 13.1. The third-order valence-electron chi connectivity index (χ3n) is 6.47. The van der Waals surface area contributed by atoms with E-state index in [4.69, 9.17) is 4.42 Å². The Bertz CT molecular complexity index is 1410. The van der Waals surface area contributed by atoms with Crippen molar-refractivity contribution in [2.75, 3.05) is 5.32 Å². The molecule has 1 heterocycles. The lowest BCUT2D eigenvalue weighted by Crippen LogP contribution is -2.13. The van der Waals surface area contributed by atoms with Gasteiger partial charge < -0.3 is 14.8 Å². The average Bonchev–Trinajstić information content (AvgIpc) is 3.23. The Morgan fingerprint density at radius 3 is 2.39 bits per heavy atom. The number of carbonyl (C=O) groups is 1. The zero-order valence-electron chi connectivity index (χ0n) is 18.6. The second kappa shape index (κ2) is 8.24. The van der Waals surface area contributed by atoms with E-state index in [1.54, 1.807) is 30.3 Å². The second-order valence-electron chi connectivity index (χ2n) is 8.83. The number of fused-ring (bicyclic) bond motifs is 2. The fourth-order valence-corrected chi connectivity index (χ4v) is 4.84. The van der Waals surface area contributed by atoms with Crippen LogP contribution >= 0.6 is 0 Å². The van der Waals surface area contributed by atoms with Gasteiger partial charge in [-0.25, -0.2) is 4.79 Å². The SMILES string of the molecule is Cc1cc(C(C)Nc2ccccc2C(=O)O)c2oc(C3Cc4ccccc4C3)cc(=O)c2c1. The molecule has 0 saturated carbocycles. The quantitative estimate of drug-likeness (QED) is 0.407. The second-order valence-corrected chi connectivity index (χ2v) is 8.83. The van der Waals surface area contributed by atoms with Crippen LogP contribution < -0.4 is 10.7 Å². The summed E-state index contributed by atoms with van der Waals surface area (Å²) in [7, 11) is 0. The van der Waals surface area contributed by atoms with Crippen LogP contribution in [0.4, 0.5) is 5.69 Å². The van der Waals surface area contributed by atoms with Gasteiger partial charge in [-0.1, -0.05) is 42.5 Å². The molecule has 0 spiro atoms. The number of hydrogen-bond donors (Lipinski definition) is 2. The number of carboxylic acids is 1. The largest absolute Gasteiger partial charge is 0.478 e. The number of aromatic carboxylic acids is 1. The number of hydrogen-bond acceptors (Lipinski definition) is 4. The van der Waals surface area contributed by atoms with Gasteiger partial charge >= 0.3 is 5.97 Å². The molecule has 0 amide bonds. The highest BCUT2D eigenvalue weighted by Crippen LogP contribution is 2.36. The Hall–Kier alpha value is -3.86. The van der Waals surface area contributed by atoms with Crippen LogP contribution in [0.1, 0.15) is 57.3 Å². The maximum absolute atomic E-state index is 13.1. The third kappa shape index (κ3) is 3.91. The van der Waals surface area contributed by atoms with Gasteiger partial charge in [0.2, 0.25) is 0 Å². The van der Waals surface area contributed by atoms with Gasteiger partial charge in [0.15, 0.2) is 5.43 Å². The molecule has 0 fully saturated rings. The summed E-state index contributed by atoms with van der Waals surface area (Å²) in [4.78, 5) is 24.7. The molecule has 0 saturated heterocycles. The van der Waals surface area contributed by atoms with Gasteiger partial charge in [-0.2, -0.15) is 0 Å². The summed E-state index contributed by atoms with van der Waals surface area (Å²) in [5, 5.41) is 13.4. The predicted octanol–water partition coefficient (Wildman–Crippen LogP) is 5.86. The topological polar surface area (TPSA) is 79.5 Å². The van der Waals surface area contributed by atoms with Crippen LogP contribution in [0.15, 0.2) is 75.9 Å². The molecule has 1 unspecified atom stereocenters. The minimum absolute atomic E-state index is 0.0507. The predicted molar refractivity (Wildman–Crippen MR) is 129 cm³/mol. The first-order valence-electron chi connectivity index (χ1n) is 11.1. The molecule has 0 aliphatic heterocycles. The molecule has 0 bridgehead atoms. The van der Waals surface area contributed by atoms with Crippen molar-refractivity contribution in [1.82, 2.24) is 0 Å². The molecule has 1 aliphatic rings. The molecule has 5 nitrogen and oxygen atoms in total. The molecule has 1 atom stereocenters. The Morgan fingerprint density at radius 1 is 1.03 bits per heavy atom. The van der Waals surface area contributed by atoms with E-state index in [9.17, 15) is 14.7 Å². The molecule has 5 heteroatoms. The number of para-hydroxylation sites is 1. The van der Waals surface area contributed by atoms with Crippen LogP contribution in [-0.4, -0.2) is 11.1 Å². The molecule has 1 aromatic heterocycles. The van der Waals surface area contributed by atoms with E-state index in [-0.39, 0.29) is 23.0 Å². The molecule has 2 N–H and O–H groups in total. The molecule has 0 radical (unpaired) electrons. The van der Waals surface area contributed by atoms with Gasteiger partial charge in [0.1, 0.15) is 11.3 Å². The first-order chi connectivity index (χ1) is 15.9. The minimum atomic E-state index is -0.992. The van der Waals surface area contributed by atoms with Gasteiger partial charge in [-0.3, -0.25) is 4.79 Å². The van der Waals surface area contributed by atoms with Crippen LogP contribution in [0, 0.1) is 6.92 Å². The van der Waals surface area contributed by atoms with Crippen molar-refractivity contribution < 1.29 is 14.3 Å². The third-order valence-corrected chi connectivity index (χ3v) is 6.47. The van der Waals surface area contributed by atoms with Gasteiger partial charge in [-0.05, 0) is 61.6 Å². The molecule has 4 aromatic rings. The van der Waals surface area contributed by atoms with Crippen LogP contribution in [0.25, 0.3) is 11.0 Å². The van der Waals surface area contributed by atoms with Crippen LogP contribution in [0.3, 0.4) is 0 Å². The molecular formula is C28H25NO4. The highest BCUT2D eigenvalue weighted by atomic mass is 16.4. The van der Waals surface area contributed by atoms with Crippen molar-refractivity contribution in [1.29, 1.82) is 0 Å². The number of carboxylic acid groups (broad SMARTS) is 1. The van der Waals surface area contributed by atoms with Crippen molar-refractivity contribution in [2.45, 2.75) is 38.6 Å². The summed E-state index contributed by atoms with van der Waals surface area (Å²) in [6.45, 7) is 3.90. The summed E-state index contributed by atoms with van der Waals surface area (Å²) in [5.41, 5.74) is 5.62. The fourth-order valence-electron chi connectivity index (χ4n) is 4.84. The first kappa shape index (κ1) is 21.0. The number of nitrogens with one attached hydrogen (secondary N) is 1. The van der Waals surface area contributed by atoms with Crippen molar-refractivity contribution in [3.05, 3.63) is 111 Å². The standard InChI is InChI=1S/C28H25NO4/c1-16-11-22(17(2)29-24-10-6-5-9-21(24)28(31)32)27-23(12-16)25(30)15-26(33-27)20-13-18-7-3-4-8-19(18)14-20/h3-12,15,17,20,29H,13-14H2,1-2H3,(H,31,32). The van der Waals surface area contributed by atoms with E-state index in [0.29, 0.717) is 22.4 Å². The Balaban J connectivity index is 1.57. The molecular weight excluding hydrogens is 414 g/mol. The lowest BCUT2D eigenvalue weighted by molar-refractivity contribution is 0.0698. The lowest BCUT2D eigenvalue weighted by Gasteiger charge is -2.20. The number of aryl methyl sites for hydroxylation is 1. The average molecular weight is 440 g/mol.